The second-order valence-electron chi connectivity index (χ2n) is 4.33. The molecule has 0 aliphatic carbocycles. The Kier molecular flexibility index (Phi) is 4.29. The zero-order valence-electron chi connectivity index (χ0n) is 11.2. The van der Waals surface area contributed by atoms with Crippen LogP contribution in [0.5, 0.6) is 5.75 Å². The summed E-state index contributed by atoms with van der Waals surface area (Å²) in [7, 11) is 1.62. The third kappa shape index (κ3) is 3.11. The van der Waals surface area contributed by atoms with Crippen molar-refractivity contribution in [3.63, 3.8) is 0 Å². The molecular weight excluding hydrogens is 320 g/mol. The second kappa shape index (κ2) is 5.96. The highest BCUT2D eigenvalue weighted by molar-refractivity contribution is 9.10. The summed E-state index contributed by atoms with van der Waals surface area (Å²) >= 11 is 3.43. The van der Waals surface area contributed by atoms with Crippen molar-refractivity contribution in [1.29, 1.82) is 0 Å². The molecule has 0 saturated heterocycles. The number of hydrogen-bond donors (Lipinski definition) is 2. The van der Waals surface area contributed by atoms with E-state index >= 15 is 0 Å². The number of nitrogen functional groups attached to an aromatic ring is 1. The van der Waals surface area contributed by atoms with Crippen LogP contribution < -0.4 is 15.8 Å². The predicted molar refractivity (Wildman–Crippen MR) is 84.8 cm³/mol. The van der Waals surface area contributed by atoms with Crippen LogP contribution in [0, 0.1) is 0 Å². The monoisotopic (exact) mass is 334 g/mol. The van der Waals surface area contributed by atoms with Crippen molar-refractivity contribution in [1.82, 2.24) is 0 Å². The average molecular weight is 335 g/mol. The van der Waals surface area contributed by atoms with Gasteiger partial charge in [0.1, 0.15) is 5.75 Å². The highest BCUT2D eigenvalue weighted by atomic mass is 79.9. The third-order valence-electron chi connectivity index (χ3n) is 2.87. The molecule has 0 aliphatic heterocycles. The van der Waals surface area contributed by atoms with Gasteiger partial charge in [0.05, 0.1) is 11.6 Å². The van der Waals surface area contributed by atoms with Gasteiger partial charge in [0.2, 0.25) is 0 Å². The van der Waals surface area contributed by atoms with E-state index in [0.717, 1.165) is 21.6 Å². The van der Waals surface area contributed by atoms with E-state index < -0.39 is 0 Å². The second-order valence-corrected chi connectivity index (χ2v) is 5.19. The van der Waals surface area contributed by atoms with Gasteiger partial charge >= 0.3 is 0 Å². The molecule has 2 aromatic rings. The molecule has 2 rings (SSSR count). The number of anilines is 3. The number of rotatable bonds is 4. The van der Waals surface area contributed by atoms with Gasteiger partial charge in [-0.05, 0) is 59.3 Å². The van der Waals surface area contributed by atoms with Crippen molar-refractivity contribution >= 4 is 38.8 Å². The molecule has 3 N–H and O–H groups in total. The first-order valence-corrected chi connectivity index (χ1v) is 6.81. The number of hydrogen-bond acceptors (Lipinski definition) is 4. The summed E-state index contributed by atoms with van der Waals surface area (Å²) in [5.41, 5.74) is 8.58. The zero-order valence-corrected chi connectivity index (χ0v) is 12.8. The predicted octanol–water partition coefficient (Wildman–Crippen LogP) is 3.99. The normalized spacial score (nSPS) is 10.2. The molecule has 0 amide bonds. The fraction of sp³-hybridized carbons (Fsp3) is 0.133. The maximum Gasteiger partial charge on any atom is 0.161 e. The van der Waals surface area contributed by atoms with Crippen LogP contribution in [0.3, 0.4) is 0 Å². The van der Waals surface area contributed by atoms with E-state index in [1.165, 1.54) is 6.92 Å². The molecule has 0 heterocycles. The number of ether oxygens (including phenoxy) is 1. The van der Waals surface area contributed by atoms with Gasteiger partial charge in [0, 0.05) is 22.6 Å². The standard InChI is InChI=1S/C15H15BrN2O2/c1-9(19)12-5-3-11(8-14(12)17)18-10-4-6-15(20-2)13(16)7-10/h3-8,18H,17H2,1-2H3. The number of halogens is 1. The molecule has 2 aromatic carbocycles. The van der Waals surface area contributed by atoms with Crippen LogP contribution in [0.1, 0.15) is 17.3 Å². The number of carbonyl (C=O) groups excluding carboxylic acids is 1. The van der Waals surface area contributed by atoms with Gasteiger partial charge in [-0.25, -0.2) is 0 Å². The quantitative estimate of drug-likeness (QED) is 0.655. The first-order chi connectivity index (χ1) is 9.51. The molecule has 0 fully saturated rings. The maximum atomic E-state index is 11.3. The van der Waals surface area contributed by atoms with Crippen LogP contribution in [0.4, 0.5) is 17.1 Å². The minimum Gasteiger partial charge on any atom is -0.496 e. The fourth-order valence-electron chi connectivity index (χ4n) is 1.87. The Labute approximate surface area is 126 Å². The van der Waals surface area contributed by atoms with Crippen molar-refractivity contribution in [2.75, 3.05) is 18.2 Å². The van der Waals surface area contributed by atoms with Gasteiger partial charge in [0.25, 0.3) is 0 Å². The number of ketones is 1. The van der Waals surface area contributed by atoms with E-state index in [1.54, 1.807) is 19.2 Å². The van der Waals surface area contributed by atoms with E-state index in [1.807, 2.05) is 24.3 Å². The molecule has 0 saturated carbocycles. The lowest BCUT2D eigenvalue weighted by atomic mass is 10.1. The van der Waals surface area contributed by atoms with E-state index in [4.69, 9.17) is 10.5 Å². The summed E-state index contributed by atoms with van der Waals surface area (Å²) in [4.78, 5) is 11.3. The number of nitrogens with two attached hydrogens (primary N) is 1. The Bertz CT molecular complexity index is 656. The highest BCUT2D eigenvalue weighted by Gasteiger charge is 2.06. The number of Topliss-reactive ketones (excluding diaryl/α,β-unsaturated/α-hetero) is 1. The van der Waals surface area contributed by atoms with Crippen molar-refractivity contribution in [3.8, 4) is 5.75 Å². The number of methoxy groups -OCH3 is 1. The van der Waals surface area contributed by atoms with Crippen LogP contribution in [-0.4, -0.2) is 12.9 Å². The molecule has 0 unspecified atom stereocenters. The van der Waals surface area contributed by atoms with E-state index in [9.17, 15) is 4.79 Å². The summed E-state index contributed by atoms with van der Waals surface area (Å²) in [6.45, 7) is 1.50. The molecule has 4 nitrogen and oxygen atoms in total. The molecule has 0 aromatic heterocycles. The van der Waals surface area contributed by atoms with Gasteiger partial charge in [-0.2, -0.15) is 0 Å². The fourth-order valence-corrected chi connectivity index (χ4v) is 2.41. The molecule has 0 spiro atoms. The Morgan fingerprint density at radius 2 is 1.85 bits per heavy atom. The summed E-state index contributed by atoms with van der Waals surface area (Å²) < 4.78 is 6.04. The summed E-state index contributed by atoms with van der Waals surface area (Å²) in [6, 6.07) is 11.0. The molecule has 0 radical (unpaired) electrons. The van der Waals surface area contributed by atoms with Crippen LogP contribution >= 0.6 is 15.9 Å². The van der Waals surface area contributed by atoms with Crippen LogP contribution in [0.15, 0.2) is 40.9 Å². The lowest BCUT2D eigenvalue weighted by Crippen LogP contribution is -2.00. The molecule has 0 bridgehead atoms. The van der Waals surface area contributed by atoms with E-state index in [2.05, 4.69) is 21.2 Å². The Hall–Kier alpha value is -2.01. The summed E-state index contributed by atoms with van der Waals surface area (Å²) in [6.07, 6.45) is 0. The third-order valence-corrected chi connectivity index (χ3v) is 3.49. The van der Waals surface area contributed by atoms with Gasteiger partial charge in [-0.1, -0.05) is 0 Å². The van der Waals surface area contributed by atoms with Crippen molar-refractivity contribution < 1.29 is 9.53 Å². The SMILES string of the molecule is COc1ccc(Nc2ccc(C(C)=O)c(N)c2)cc1Br. The van der Waals surface area contributed by atoms with Crippen LogP contribution in [0.2, 0.25) is 0 Å². The Morgan fingerprint density at radius 3 is 2.40 bits per heavy atom. The van der Waals surface area contributed by atoms with E-state index in [-0.39, 0.29) is 5.78 Å². The zero-order chi connectivity index (χ0) is 14.7. The Balaban J connectivity index is 2.24. The number of nitrogens with one attached hydrogen (secondary N) is 1. The average Bonchev–Trinajstić information content (AvgIpc) is 2.38. The summed E-state index contributed by atoms with van der Waals surface area (Å²) in [5.74, 6) is 0.725. The minimum atomic E-state index is -0.0405. The highest BCUT2D eigenvalue weighted by Crippen LogP contribution is 2.30. The largest absolute Gasteiger partial charge is 0.496 e. The number of benzene rings is 2. The van der Waals surface area contributed by atoms with Crippen molar-refractivity contribution in [3.05, 3.63) is 46.4 Å². The van der Waals surface area contributed by atoms with Gasteiger partial charge in [-0.15, -0.1) is 0 Å². The van der Waals surface area contributed by atoms with E-state index in [0.29, 0.717) is 11.3 Å². The van der Waals surface area contributed by atoms with Gasteiger partial charge in [-0.3, -0.25) is 4.79 Å². The summed E-state index contributed by atoms with van der Waals surface area (Å²) in [5, 5.41) is 3.23. The lowest BCUT2D eigenvalue weighted by Gasteiger charge is -2.11. The maximum absolute atomic E-state index is 11.3. The van der Waals surface area contributed by atoms with Crippen molar-refractivity contribution in [2.24, 2.45) is 0 Å². The molecule has 5 heteroatoms. The van der Waals surface area contributed by atoms with Gasteiger partial charge in [0.15, 0.2) is 5.78 Å². The smallest absolute Gasteiger partial charge is 0.161 e. The Morgan fingerprint density at radius 1 is 1.20 bits per heavy atom. The van der Waals surface area contributed by atoms with Crippen molar-refractivity contribution in [2.45, 2.75) is 6.92 Å². The molecule has 0 atom stereocenters. The first kappa shape index (κ1) is 14.4. The number of carbonyl (C=O) groups is 1. The topological polar surface area (TPSA) is 64.3 Å². The first-order valence-electron chi connectivity index (χ1n) is 6.02. The molecule has 20 heavy (non-hydrogen) atoms. The molecular formula is C15H15BrN2O2. The van der Waals surface area contributed by atoms with Crippen LogP contribution in [0.25, 0.3) is 0 Å². The van der Waals surface area contributed by atoms with Gasteiger partial charge < -0.3 is 15.8 Å². The molecule has 0 aliphatic rings. The lowest BCUT2D eigenvalue weighted by molar-refractivity contribution is 0.101. The molecule has 104 valence electrons. The minimum absolute atomic E-state index is 0.0405. The van der Waals surface area contributed by atoms with Crippen LogP contribution in [-0.2, 0) is 0 Å².